The van der Waals surface area contributed by atoms with Crippen LogP contribution in [0.5, 0.6) is 0 Å². The summed E-state index contributed by atoms with van der Waals surface area (Å²) >= 11 is 0. The molecule has 0 aromatic heterocycles. The van der Waals surface area contributed by atoms with Gasteiger partial charge in [0, 0.05) is 12.1 Å². The van der Waals surface area contributed by atoms with Crippen LogP contribution in [0.25, 0.3) is 0 Å². The molecule has 2 N–H and O–H groups in total. The van der Waals surface area contributed by atoms with Crippen molar-refractivity contribution in [1.29, 1.82) is 0 Å². The van der Waals surface area contributed by atoms with Gasteiger partial charge >= 0.3 is 0 Å². The van der Waals surface area contributed by atoms with Gasteiger partial charge in [0.15, 0.2) is 0 Å². The molecule has 0 atom stereocenters. The molecule has 0 heterocycles. The highest BCUT2D eigenvalue weighted by Crippen LogP contribution is 2.39. The van der Waals surface area contributed by atoms with Crippen LogP contribution in [-0.2, 0) is 0 Å². The summed E-state index contributed by atoms with van der Waals surface area (Å²) in [5, 5.41) is 13.2. The lowest BCUT2D eigenvalue weighted by Crippen LogP contribution is -2.46. The lowest BCUT2D eigenvalue weighted by molar-refractivity contribution is -0.0233. The van der Waals surface area contributed by atoms with Crippen molar-refractivity contribution in [3.05, 3.63) is 35.6 Å². The molecule has 1 aliphatic rings. The predicted octanol–water partition coefficient (Wildman–Crippen LogP) is 2.89. The Kier molecular flexibility index (Phi) is 4.14. The molecule has 0 aliphatic heterocycles. The maximum absolute atomic E-state index is 13.1. The number of hydrogen-bond donors (Lipinski definition) is 2. The number of halogens is 1. The fourth-order valence-electron chi connectivity index (χ4n) is 2.55. The number of rotatable bonds is 3. The number of aliphatic hydroxyl groups is 1. The Morgan fingerprint density at radius 3 is 2.55 bits per heavy atom. The number of amides is 1. The molecular weight excluding hydrogens is 257 g/mol. The van der Waals surface area contributed by atoms with Gasteiger partial charge in [0.2, 0.25) is 0 Å². The Morgan fingerprint density at radius 2 is 1.95 bits per heavy atom. The Labute approximate surface area is 119 Å². The molecule has 4 heteroatoms. The third-order valence-electron chi connectivity index (χ3n) is 4.20. The molecule has 0 bridgehead atoms. The zero-order valence-corrected chi connectivity index (χ0v) is 12.1. The molecule has 1 amide bonds. The molecule has 2 rings (SSSR count). The molecule has 1 aliphatic carbocycles. The van der Waals surface area contributed by atoms with Crippen molar-refractivity contribution in [1.82, 2.24) is 5.32 Å². The normalized spacial score (nSPS) is 20.4. The van der Waals surface area contributed by atoms with Crippen molar-refractivity contribution >= 4 is 5.91 Å². The first kappa shape index (κ1) is 15.0. The van der Waals surface area contributed by atoms with Crippen molar-refractivity contribution in [3.8, 4) is 0 Å². The summed E-state index contributed by atoms with van der Waals surface area (Å²) in [5.41, 5.74) is -0.290. The number of hydrogen-bond acceptors (Lipinski definition) is 2. The summed E-state index contributed by atoms with van der Waals surface area (Å²) in [6.07, 6.45) is 3.26. The predicted molar refractivity (Wildman–Crippen MR) is 75.9 cm³/mol. The fraction of sp³-hybridized carbons (Fsp3) is 0.562. The number of carbonyl (C=O) groups is 1. The van der Waals surface area contributed by atoms with Gasteiger partial charge in [-0.1, -0.05) is 19.9 Å². The van der Waals surface area contributed by atoms with Crippen LogP contribution in [0.1, 0.15) is 49.9 Å². The fourth-order valence-corrected chi connectivity index (χ4v) is 2.55. The number of nitrogens with one attached hydrogen (secondary N) is 1. The van der Waals surface area contributed by atoms with Gasteiger partial charge in [0.1, 0.15) is 5.82 Å². The maximum Gasteiger partial charge on any atom is 0.251 e. The summed E-state index contributed by atoms with van der Waals surface area (Å²) in [7, 11) is 0. The minimum absolute atomic E-state index is 0.221. The van der Waals surface area contributed by atoms with Crippen LogP contribution in [0.3, 0.4) is 0 Å². The van der Waals surface area contributed by atoms with Gasteiger partial charge in [-0.3, -0.25) is 4.79 Å². The van der Waals surface area contributed by atoms with Crippen molar-refractivity contribution in [3.63, 3.8) is 0 Å². The van der Waals surface area contributed by atoms with Gasteiger partial charge in [-0.05, 0) is 49.3 Å². The van der Waals surface area contributed by atoms with Crippen LogP contribution in [0, 0.1) is 11.2 Å². The molecule has 0 saturated heterocycles. The Bertz CT molecular complexity index is 489. The molecule has 1 fully saturated rings. The quantitative estimate of drug-likeness (QED) is 0.894. The maximum atomic E-state index is 13.1. The van der Waals surface area contributed by atoms with Crippen LogP contribution in [0.4, 0.5) is 4.39 Å². The topological polar surface area (TPSA) is 49.3 Å². The zero-order valence-electron chi connectivity index (χ0n) is 12.1. The van der Waals surface area contributed by atoms with E-state index in [1.165, 1.54) is 18.2 Å². The van der Waals surface area contributed by atoms with Crippen LogP contribution in [-0.4, -0.2) is 23.2 Å². The van der Waals surface area contributed by atoms with Gasteiger partial charge in [-0.2, -0.15) is 0 Å². The monoisotopic (exact) mass is 279 g/mol. The summed E-state index contributed by atoms with van der Waals surface area (Å²) in [6.45, 7) is 4.61. The second-order valence-electron chi connectivity index (χ2n) is 6.58. The Balaban J connectivity index is 1.90. The van der Waals surface area contributed by atoms with Gasteiger partial charge in [-0.15, -0.1) is 0 Å². The highest BCUT2D eigenvalue weighted by Gasteiger charge is 2.36. The lowest BCUT2D eigenvalue weighted by atomic mass is 9.71. The van der Waals surface area contributed by atoms with E-state index in [9.17, 15) is 14.3 Å². The van der Waals surface area contributed by atoms with Gasteiger partial charge in [0.25, 0.3) is 5.91 Å². The van der Waals surface area contributed by atoms with E-state index in [0.29, 0.717) is 12.8 Å². The molecule has 110 valence electrons. The van der Waals surface area contributed by atoms with Crippen molar-refractivity contribution in [2.75, 3.05) is 6.54 Å². The van der Waals surface area contributed by atoms with E-state index in [4.69, 9.17) is 0 Å². The molecule has 0 spiro atoms. The molecule has 1 saturated carbocycles. The van der Waals surface area contributed by atoms with Crippen LogP contribution in [0.15, 0.2) is 24.3 Å². The highest BCUT2D eigenvalue weighted by atomic mass is 19.1. The molecule has 0 unspecified atom stereocenters. The number of benzene rings is 1. The van der Waals surface area contributed by atoms with E-state index in [-0.39, 0.29) is 23.4 Å². The average Bonchev–Trinajstić information content (AvgIpc) is 2.40. The van der Waals surface area contributed by atoms with E-state index in [1.807, 2.05) is 0 Å². The second-order valence-corrected chi connectivity index (χ2v) is 6.58. The molecule has 1 aromatic carbocycles. The minimum Gasteiger partial charge on any atom is -0.388 e. The van der Waals surface area contributed by atoms with Crippen molar-refractivity contribution < 1.29 is 14.3 Å². The largest absolute Gasteiger partial charge is 0.388 e. The van der Waals surface area contributed by atoms with Crippen LogP contribution >= 0.6 is 0 Å². The third-order valence-corrected chi connectivity index (χ3v) is 4.20. The standard InChI is InChI=1S/C16H22FNO2/c1-15(2)6-8-16(20,9-7-15)11-18-14(19)12-4-3-5-13(17)10-12/h3-5,10,20H,6-9,11H2,1-2H3,(H,18,19). The smallest absolute Gasteiger partial charge is 0.251 e. The molecule has 20 heavy (non-hydrogen) atoms. The second kappa shape index (κ2) is 5.52. The van der Waals surface area contributed by atoms with Gasteiger partial charge in [-0.25, -0.2) is 4.39 Å². The third kappa shape index (κ3) is 3.79. The van der Waals surface area contributed by atoms with Crippen LogP contribution < -0.4 is 5.32 Å². The zero-order chi connectivity index (χ0) is 14.8. The summed E-state index contributed by atoms with van der Waals surface area (Å²) in [6, 6.07) is 5.56. The SMILES string of the molecule is CC1(C)CCC(O)(CNC(=O)c2cccc(F)c2)CC1. The highest BCUT2D eigenvalue weighted by molar-refractivity contribution is 5.94. The first-order valence-electron chi connectivity index (χ1n) is 7.06. The average molecular weight is 279 g/mol. The van der Waals surface area contributed by atoms with Crippen LogP contribution in [0.2, 0.25) is 0 Å². The molecule has 1 aromatic rings. The Hall–Kier alpha value is -1.42. The van der Waals surface area contributed by atoms with E-state index in [1.54, 1.807) is 6.07 Å². The van der Waals surface area contributed by atoms with Gasteiger partial charge in [0.05, 0.1) is 5.60 Å². The number of carbonyl (C=O) groups excluding carboxylic acids is 1. The van der Waals surface area contributed by atoms with Gasteiger partial charge < -0.3 is 10.4 Å². The van der Waals surface area contributed by atoms with Crippen molar-refractivity contribution in [2.45, 2.75) is 45.1 Å². The molecular formula is C16H22FNO2. The summed E-state index contributed by atoms with van der Waals surface area (Å²) in [5.74, 6) is -0.779. The lowest BCUT2D eigenvalue weighted by Gasteiger charge is -2.40. The van der Waals surface area contributed by atoms with E-state index >= 15 is 0 Å². The Morgan fingerprint density at radius 1 is 1.30 bits per heavy atom. The van der Waals surface area contributed by atoms with Crippen molar-refractivity contribution in [2.24, 2.45) is 5.41 Å². The first-order valence-corrected chi connectivity index (χ1v) is 7.06. The first-order chi connectivity index (χ1) is 9.30. The molecule has 3 nitrogen and oxygen atoms in total. The van der Waals surface area contributed by atoms with E-state index in [2.05, 4.69) is 19.2 Å². The minimum atomic E-state index is -0.835. The van der Waals surface area contributed by atoms with E-state index in [0.717, 1.165) is 12.8 Å². The molecule has 0 radical (unpaired) electrons. The summed E-state index contributed by atoms with van der Waals surface area (Å²) in [4.78, 5) is 11.9. The summed E-state index contributed by atoms with van der Waals surface area (Å²) < 4.78 is 13.1. The van der Waals surface area contributed by atoms with E-state index < -0.39 is 11.4 Å².